The van der Waals surface area contributed by atoms with Gasteiger partial charge in [0.15, 0.2) is 0 Å². The third-order valence-corrected chi connectivity index (χ3v) is 8.92. The highest BCUT2D eigenvalue weighted by Gasteiger charge is 2.47. The Hall–Kier alpha value is -0.0231. The molecule has 0 radical (unpaired) electrons. The van der Waals surface area contributed by atoms with Gasteiger partial charge in [-0.2, -0.15) is 0 Å². The smallest absolute Gasteiger partial charge is 0.377 e. The number of quaternary nitrogens is 1. The summed E-state index contributed by atoms with van der Waals surface area (Å²) in [5.41, 5.74) is 0. The lowest BCUT2D eigenvalue weighted by molar-refractivity contribution is -0.996. The summed E-state index contributed by atoms with van der Waals surface area (Å²) in [6.07, 6.45) is 12.2. The number of nitrogens with zero attached hydrogens (tertiary/aromatic N) is 1. The first-order chi connectivity index (χ1) is 13.8. The fourth-order valence-corrected chi connectivity index (χ4v) is 5.79. The Balaban J connectivity index is 4.72. The van der Waals surface area contributed by atoms with Gasteiger partial charge < -0.3 is 22.8 Å². The van der Waals surface area contributed by atoms with Crippen LogP contribution in [0.2, 0.25) is 6.04 Å². The van der Waals surface area contributed by atoms with Gasteiger partial charge in [0.25, 0.3) is 0 Å². The van der Waals surface area contributed by atoms with Crippen molar-refractivity contribution in [2.45, 2.75) is 90.0 Å². The minimum Gasteiger partial charge on any atom is -0.377 e. The Morgan fingerprint density at radius 2 is 1.24 bits per heavy atom. The molecule has 0 fully saturated rings. The molecule has 0 rings (SSSR count). The standard InChI is InChI=1S/C22H50NO5Si/c1-9-11-12-13-14-15-16-17-19-22(24-5,28-10-2)23(3,4)20-18-21-29(25-6,26-7)27-8/h9-21H2,1-8H3/q+1. The molecule has 0 amide bonds. The molecule has 1 atom stereocenters. The van der Waals surface area contributed by atoms with Crippen molar-refractivity contribution in [3.05, 3.63) is 0 Å². The SMILES string of the molecule is CCCCCCCCCCC(OC)(OCC)[N+](C)(C)CCC[Si](OC)(OC)OC. The molecule has 0 aliphatic rings. The van der Waals surface area contributed by atoms with Crippen LogP contribution in [0, 0.1) is 0 Å². The zero-order chi connectivity index (χ0) is 22.2. The van der Waals surface area contributed by atoms with E-state index in [-0.39, 0.29) is 0 Å². The Kier molecular flexibility index (Phi) is 15.7. The van der Waals surface area contributed by atoms with E-state index in [9.17, 15) is 0 Å². The number of ether oxygens (including phenoxy) is 2. The van der Waals surface area contributed by atoms with Crippen LogP contribution < -0.4 is 0 Å². The van der Waals surface area contributed by atoms with Crippen LogP contribution in [0.15, 0.2) is 0 Å². The molecular weight excluding hydrogens is 386 g/mol. The molecule has 1 unspecified atom stereocenters. The van der Waals surface area contributed by atoms with E-state index in [2.05, 4.69) is 21.0 Å². The van der Waals surface area contributed by atoms with E-state index in [1.54, 1.807) is 28.4 Å². The number of hydrogen-bond donors (Lipinski definition) is 0. The fraction of sp³-hybridized carbons (Fsp3) is 1.00. The third kappa shape index (κ3) is 9.76. The summed E-state index contributed by atoms with van der Waals surface area (Å²) in [4.78, 5) is 0. The molecule has 0 aliphatic carbocycles. The summed E-state index contributed by atoms with van der Waals surface area (Å²) in [5, 5.41) is 0. The maximum atomic E-state index is 6.23. The van der Waals surface area contributed by atoms with Crippen LogP contribution in [-0.4, -0.2) is 74.9 Å². The summed E-state index contributed by atoms with van der Waals surface area (Å²) in [5.74, 6) is -0.617. The van der Waals surface area contributed by atoms with Crippen molar-refractivity contribution in [1.29, 1.82) is 0 Å². The van der Waals surface area contributed by atoms with Crippen LogP contribution in [0.3, 0.4) is 0 Å². The molecule has 0 aromatic rings. The van der Waals surface area contributed by atoms with Crippen LogP contribution >= 0.6 is 0 Å². The lowest BCUT2D eigenvalue weighted by Crippen LogP contribution is -2.63. The van der Waals surface area contributed by atoms with E-state index in [0.29, 0.717) is 11.1 Å². The molecule has 6 nitrogen and oxygen atoms in total. The van der Waals surface area contributed by atoms with E-state index in [1.165, 1.54) is 44.9 Å². The van der Waals surface area contributed by atoms with Crippen molar-refractivity contribution in [1.82, 2.24) is 0 Å². The summed E-state index contributed by atoms with van der Waals surface area (Å²) >= 11 is 0. The highest BCUT2D eigenvalue weighted by Crippen LogP contribution is 2.31. The Labute approximate surface area is 182 Å². The van der Waals surface area contributed by atoms with Gasteiger partial charge in [-0.1, -0.05) is 51.9 Å². The molecule has 0 N–H and O–H groups in total. The van der Waals surface area contributed by atoms with Crippen molar-refractivity contribution in [3.8, 4) is 0 Å². The Morgan fingerprint density at radius 3 is 1.69 bits per heavy atom. The zero-order valence-corrected chi connectivity index (χ0v) is 21.7. The minimum absolute atomic E-state index is 0.617. The molecule has 0 spiro atoms. The lowest BCUT2D eigenvalue weighted by Gasteiger charge is -2.46. The predicted octanol–water partition coefficient (Wildman–Crippen LogP) is 5.20. The van der Waals surface area contributed by atoms with E-state index < -0.39 is 14.7 Å². The molecule has 176 valence electrons. The largest absolute Gasteiger partial charge is 0.500 e. The summed E-state index contributed by atoms with van der Waals surface area (Å²) < 4.78 is 29.6. The van der Waals surface area contributed by atoms with Gasteiger partial charge in [-0.05, 0) is 13.3 Å². The first-order valence-corrected chi connectivity index (χ1v) is 13.4. The molecule has 0 saturated heterocycles. The molecular formula is C22H50NO5Si+. The predicted molar refractivity (Wildman–Crippen MR) is 122 cm³/mol. The van der Waals surface area contributed by atoms with Crippen molar-refractivity contribution in [2.24, 2.45) is 0 Å². The monoisotopic (exact) mass is 436 g/mol. The molecule has 0 aromatic carbocycles. The third-order valence-electron chi connectivity index (χ3n) is 6.09. The van der Waals surface area contributed by atoms with Gasteiger partial charge in [-0.15, -0.1) is 0 Å². The van der Waals surface area contributed by atoms with Gasteiger partial charge in [0.2, 0.25) is 0 Å². The fourth-order valence-electron chi connectivity index (χ4n) is 4.08. The first-order valence-electron chi connectivity index (χ1n) is 11.5. The second kappa shape index (κ2) is 15.7. The van der Waals surface area contributed by atoms with E-state index in [4.69, 9.17) is 22.8 Å². The summed E-state index contributed by atoms with van der Waals surface area (Å²) in [7, 11) is 8.62. The van der Waals surface area contributed by atoms with Gasteiger partial charge in [0.1, 0.15) is 0 Å². The average Bonchev–Trinajstić information content (AvgIpc) is 2.72. The van der Waals surface area contributed by atoms with Crippen molar-refractivity contribution in [2.75, 3.05) is 55.7 Å². The van der Waals surface area contributed by atoms with Crippen molar-refractivity contribution < 1.29 is 27.2 Å². The molecule has 7 heteroatoms. The van der Waals surface area contributed by atoms with E-state index in [1.807, 2.05) is 6.92 Å². The normalized spacial score (nSPS) is 14.9. The van der Waals surface area contributed by atoms with Crippen LogP contribution in [0.25, 0.3) is 0 Å². The molecule has 29 heavy (non-hydrogen) atoms. The van der Waals surface area contributed by atoms with Gasteiger partial charge >= 0.3 is 14.7 Å². The highest BCUT2D eigenvalue weighted by molar-refractivity contribution is 6.60. The van der Waals surface area contributed by atoms with E-state index >= 15 is 0 Å². The second-order valence-electron chi connectivity index (χ2n) is 8.38. The van der Waals surface area contributed by atoms with Gasteiger partial charge in [-0.25, -0.2) is 0 Å². The quantitative estimate of drug-likeness (QED) is 0.114. The molecule has 0 saturated carbocycles. The molecule has 0 aromatic heterocycles. The molecule has 0 heterocycles. The lowest BCUT2D eigenvalue weighted by atomic mass is 10.1. The van der Waals surface area contributed by atoms with Crippen molar-refractivity contribution in [3.63, 3.8) is 0 Å². The molecule has 0 aliphatic heterocycles. The average molecular weight is 437 g/mol. The van der Waals surface area contributed by atoms with Gasteiger partial charge in [0.05, 0.1) is 33.7 Å². The first kappa shape index (κ1) is 29.0. The summed E-state index contributed by atoms with van der Waals surface area (Å²) in [6.45, 7) is 5.84. The summed E-state index contributed by atoms with van der Waals surface area (Å²) in [6, 6.07) is 0.780. The number of unbranched alkanes of at least 4 members (excludes halogenated alkanes) is 7. The van der Waals surface area contributed by atoms with Crippen LogP contribution in [0.4, 0.5) is 0 Å². The topological polar surface area (TPSA) is 46.2 Å². The Bertz CT molecular complexity index is 385. The number of methoxy groups -OCH3 is 1. The highest BCUT2D eigenvalue weighted by atomic mass is 28.4. The number of hydrogen-bond acceptors (Lipinski definition) is 5. The Morgan fingerprint density at radius 1 is 0.724 bits per heavy atom. The van der Waals surface area contributed by atoms with Crippen molar-refractivity contribution >= 4 is 8.80 Å². The second-order valence-corrected chi connectivity index (χ2v) is 11.5. The van der Waals surface area contributed by atoms with Crippen LogP contribution in [0.1, 0.15) is 78.1 Å². The van der Waals surface area contributed by atoms with Crippen LogP contribution in [-0.2, 0) is 22.8 Å². The van der Waals surface area contributed by atoms with E-state index in [0.717, 1.165) is 31.9 Å². The van der Waals surface area contributed by atoms with Gasteiger partial charge in [-0.3, -0.25) is 4.48 Å². The minimum atomic E-state index is -2.55. The zero-order valence-electron chi connectivity index (χ0n) is 20.7. The molecule has 0 bridgehead atoms. The van der Waals surface area contributed by atoms with Crippen LogP contribution in [0.5, 0.6) is 0 Å². The van der Waals surface area contributed by atoms with Gasteiger partial charge in [0, 0.05) is 40.9 Å². The maximum Gasteiger partial charge on any atom is 0.500 e. The maximum absolute atomic E-state index is 6.23. The number of rotatable bonds is 20.